The first-order chi connectivity index (χ1) is 13.5. The monoisotopic (exact) mass is 405 g/mol. The molecule has 0 bridgehead atoms. The highest BCUT2D eigenvalue weighted by Crippen LogP contribution is 2.13. The molecule has 0 aliphatic heterocycles. The van der Waals surface area contributed by atoms with Crippen molar-refractivity contribution in [2.75, 3.05) is 12.3 Å². The zero-order chi connectivity index (χ0) is 22.0. The summed E-state index contributed by atoms with van der Waals surface area (Å²) in [5, 5.41) is 0. The van der Waals surface area contributed by atoms with Crippen LogP contribution in [0.3, 0.4) is 0 Å². The number of nitrogens with two attached hydrogens (primary N) is 1. The summed E-state index contributed by atoms with van der Waals surface area (Å²) in [6, 6.07) is 1.13. The standard InChI is InChI=1S/C19H23N3O7/c1-9(2)7-22-16(20)15(17(25)21(5)19(22)27)12(23)8-28-18(26)14-10(3)6-13(24)29-11(14)4/h6,9H,7-8,20H2,1-5H3. The van der Waals surface area contributed by atoms with E-state index in [0.717, 1.165) is 15.2 Å². The number of nitrogens with zero attached hydrogens (tertiary/aromatic N) is 2. The first-order valence-corrected chi connectivity index (χ1v) is 8.86. The Morgan fingerprint density at radius 2 is 1.79 bits per heavy atom. The predicted octanol–water partition coefficient (Wildman–Crippen LogP) is 0.395. The van der Waals surface area contributed by atoms with Crippen molar-refractivity contribution in [3.63, 3.8) is 0 Å². The maximum Gasteiger partial charge on any atom is 0.342 e. The Hall–Kier alpha value is -3.43. The van der Waals surface area contributed by atoms with Crippen molar-refractivity contribution in [2.24, 2.45) is 13.0 Å². The van der Waals surface area contributed by atoms with Crippen LogP contribution in [0.1, 0.15) is 45.9 Å². The smallest absolute Gasteiger partial charge is 0.342 e. The number of Topliss-reactive ketones (excluding diaryl/α,β-unsaturated/α-hetero) is 1. The molecule has 0 saturated heterocycles. The molecule has 2 aromatic rings. The van der Waals surface area contributed by atoms with Gasteiger partial charge in [0.1, 0.15) is 22.7 Å². The first kappa shape index (κ1) is 21.9. The molecule has 0 aliphatic carbocycles. The number of esters is 1. The Bertz CT molecular complexity index is 1130. The molecule has 2 heterocycles. The molecule has 2 rings (SSSR count). The van der Waals surface area contributed by atoms with Crippen LogP contribution in [-0.4, -0.2) is 27.5 Å². The minimum absolute atomic E-state index is 0.0167. The summed E-state index contributed by atoms with van der Waals surface area (Å²) in [4.78, 5) is 60.9. The molecule has 2 N–H and O–H groups in total. The maximum absolute atomic E-state index is 12.6. The second-order valence-corrected chi connectivity index (χ2v) is 7.09. The normalized spacial score (nSPS) is 11.0. The van der Waals surface area contributed by atoms with E-state index < -0.39 is 40.8 Å². The molecule has 0 unspecified atom stereocenters. The molecular formula is C19H23N3O7. The largest absolute Gasteiger partial charge is 0.454 e. The predicted molar refractivity (Wildman–Crippen MR) is 104 cm³/mol. The van der Waals surface area contributed by atoms with Crippen molar-refractivity contribution in [1.29, 1.82) is 0 Å². The van der Waals surface area contributed by atoms with Gasteiger partial charge in [-0.15, -0.1) is 0 Å². The molecule has 0 fully saturated rings. The Balaban J connectivity index is 2.36. The third-order valence-electron chi connectivity index (χ3n) is 4.28. The van der Waals surface area contributed by atoms with E-state index in [2.05, 4.69) is 0 Å². The van der Waals surface area contributed by atoms with Gasteiger partial charge in [-0.2, -0.15) is 0 Å². The van der Waals surface area contributed by atoms with Gasteiger partial charge < -0.3 is 14.9 Å². The number of hydrogen-bond acceptors (Lipinski definition) is 8. The van der Waals surface area contributed by atoms with E-state index in [4.69, 9.17) is 14.9 Å². The number of ether oxygens (including phenoxy) is 1. The fourth-order valence-electron chi connectivity index (χ4n) is 2.93. The number of carbonyl (C=O) groups excluding carboxylic acids is 2. The lowest BCUT2D eigenvalue weighted by Crippen LogP contribution is -2.43. The minimum atomic E-state index is -0.886. The van der Waals surface area contributed by atoms with Gasteiger partial charge in [-0.25, -0.2) is 14.4 Å². The quantitative estimate of drug-likeness (QED) is 0.537. The molecule has 10 nitrogen and oxygen atoms in total. The van der Waals surface area contributed by atoms with Gasteiger partial charge >= 0.3 is 17.3 Å². The van der Waals surface area contributed by atoms with Gasteiger partial charge in [0.05, 0.1) is 0 Å². The third kappa shape index (κ3) is 4.36. The number of aromatic nitrogens is 2. The van der Waals surface area contributed by atoms with E-state index in [9.17, 15) is 24.0 Å². The summed E-state index contributed by atoms with van der Waals surface area (Å²) in [6.07, 6.45) is 0. The maximum atomic E-state index is 12.6. The van der Waals surface area contributed by atoms with E-state index in [1.165, 1.54) is 20.9 Å². The average Bonchev–Trinajstić information content (AvgIpc) is 2.61. The van der Waals surface area contributed by atoms with Crippen LogP contribution in [-0.2, 0) is 18.3 Å². The number of anilines is 1. The lowest BCUT2D eigenvalue weighted by Gasteiger charge is -2.16. The summed E-state index contributed by atoms with van der Waals surface area (Å²) in [5.74, 6) is -1.92. The molecule has 10 heteroatoms. The lowest BCUT2D eigenvalue weighted by molar-refractivity contribution is 0.0469. The van der Waals surface area contributed by atoms with Gasteiger partial charge in [0, 0.05) is 19.7 Å². The molecule has 0 aromatic carbocycles. The van der Waals surface area contributed by atoms with E-state index in [1.807, 2.05) is 13.8 Å². The third-order valence-corrected chi connectivity index (χ3v) is 4.28. The zero-order valence-electron chi connectivity index (χ0n) is 16.9. The average molecular weight is 405 g/mol. The molecule has 0 radical (unpaired) electrons. The highest BCUT2D eigenvalue weighted by Gasteiger charge is 2.24. The Kier molecular flexibility index (Phi) is 6.25. The SMILES string of the molecule is Cc1cc(=O)oc(C)c1C(=O)OCC(=O)c1c(N)n(CC(C)C)c(=O)n(C)c1=O. The van der Waals surface area contributed by atoms with Crippen LogP contribution in [0.25, 0.3) is 0 Å². The summed E-state index contributed by atoms with van der Waals surface area (Å²) in [7, 11) is 1.24. The number of carbonyl (C=O) groups is 2. The van der Waals surface area contributed by atoms with E-state index in [-0.39, 0.29) is 29.6 Å². The zero-order valence-corrected chi connectivity index (χ0v) is 16.9. The van der Waals surface area contributed by atoms with Crippen LogP contribution in [0.4, 0.5) is 5.82 Å². The van der Waals surface area contributed by atoms with Crippen LogP contribution in [0.15, 0.2) is 24.9 Å². The van der Waals surface area contributed by atoms with Crippen molar-refractivity contribution in [1.82, 2.24) is 9.13 Å². The second-order valence-electron chi connectivity index (χ2n) is 7.09. The molecule has 29 heavy (non-hydrogen) atoms. The molecule has 0 aliphatic rings. The molecule has 0 atom stereocenters. The molecule has 0 spiro atoms. The second kappa shape index (κ2) is 8.29. The van der Waals surface area contributed by atoms with Gasteiger partial charge in [-0.05, 0) is 25.3 Å². The molecule has 0 amide bonds. The molecule has 2 aromatic heterocycles. The fraction of sp³-hybridized carbons (Fsp3) is 0.421. The van der Waals surface area contributed by atoms with E-state index >= 15 is 0 Å². The number of hydrogen-bond donors (Lipinski definition) is 1. The van der Waals surface area contributed by atoms with E-state index in [1.54, 1.807) is 0 Å². The topological polar surface area (TPSA) is 144 Å². The van der Waals surface area contributed by atoms with Crippen LogP contribution in [0.5, 0.6) is 0 Å². The van der Waals surface area contributed by atoms with Gasteiger partial charge in [0.2, 0.25) is 5.78 Å². The van der Waals surface area contributed by atoms with Crippen molar-refractivity contribution >= 4 is 17.6 Å². The van der Waals surface area contributed by atoms with Crippen molar-refractivity contribution in [3.8, 4) is 0 Å². The number of aryl methyl sites for hydroxylation is 2. The number of rotatable bonds is 6. The van der Waals surface area contributed by atoms with Crippen LogP contribution < -0.4 is 22.6 Å². The molecule has 156 valence electrons. The molecule has 0 saturated carbocycles. The minimum Gasteiger partial charge on any atom is -0.454 e. The number of ketones is 1. The highest BCUT2D eigenvalue weighted by atomic mass is 16.5. The van der Waals surface area contributed by atoms with Crippen molar-refractivity contribution < 1.29 is 18.7 Å². The van der Waals surface area contributed by atoms with Gasteiger partial charge in [-0.1, -0.05) is 13.8 Å². The summed E-state index contributed by atoms with van der Waals surface area (Å²) in [6.45, 7) is 6.09. The molecular weight excluding hydrogens is 382 g/mol. The fourth-order valence-corrected chi connectivity index (χ4v) is 2.93. The highest BCUT2D eigenvalue weighted by molar-refractivity contribution is 6.02. The van der Waals surface area contributed by atoms with E-state index in [0.29, 0.717) is 5.56 Å². The van der Waals surface area contributed by atoms with Crippen molar-refractivity contribution in [2.45, 2.75) is 34.2 Å². The summed E-state index contributed by atoms with van der Waals surface area (Å²) < 4.78 is 11.8. The van der Waals surface area contributed by atoms with Crippen molar-refractivity contribution in [3.05, 3.63) is 59.8 Å². The summed E-state index contributed by atoms with van der Waals surface area (Å²) >= 11 is 0. The van der Waals surface area contributed by atoms with Crippen LogP contribution >= 0.6 is 0 Å². The van der Waals surface area contributed by atoms with Crippen LogP contribution in [0.2, 0.25) is 0 Å². The first-order valence-electron chi connectivity index (χ1n) is 8.86. The van der Waals surface area contributed by atoms with Crippen LogP contribution in [0, 0.1) is 19.8 Å². The summed E-state index contributed by atoms with van der Waals surface area (Å²) in [5.41, 5.74) is 3.73. The van der Waals surface area contributed by atoms with Gasteiger partial charge in [-0.3, -0.25) is 18.7 Å². The number of nitrogen functional groups attached to an aromatic ring is 1. The van der Waals surface area contributed by atoms with Gasteiger partial charge in [0.15, 0.2) is 6.61 Å². The lowest BCUT2D eigenvalue weighted by atomic mass is 10.1. The Morgan fingerprint density at radius 1 is 1.17 bits per heavy atom. The van der Waals surface area contributed by atoms with Gasteiger partial charge in [0.25, 0.3) is 5.56 Å². The Labute approximate surface area is 165 Å². The Morgan fingerprint density at radius 3 is 2.34 bits per heavy atom.